The van der Waals surface area contributed by atoms with Gasteiger partial charge in [-0.2, -0.15) is 0 Å². The second kappa shape index (κ2) is 7.38. The van der Waals surface area contributed by atoms with E-state index in [4.69, 9.17) is 0 Å². The van der Waals surface area contributed by atoms with E-state index < -0.39 is 0 Å². The molecule has 0 aliphatic heterocycles. The van der Waals surface area contributed by atoms with Crippen molar-refractivity contribution in [2.75, 3.05) is 32.6 Å². The average molecular weight is 314 g/mol. The normalized spacial score (nSPS) is 10.2. The Hall–Kier alpha value is -1.07. The molecule has 0 aliphatic carbocycles. The van der Waals surface area contributed by atoms with E-state index in [2.05, 4.69) is 49.7 Å². The summed E-state index contributed by atoms with van der Waals surface area (Å²) in [4.78, 5) is 13.3. The van der Waals surface area contributed by atoms with Crippen LogP contribution in [-0.4, -0.2) is 33.6 Å². The molecule has 0 heterocycles. The lowest BCUT2D eigenvalue weighted by atomic mass is 10.2. The van der Waals surface area contributed by atoms with Crippen LogP contribution >= 0.6 is 15.9 Å². The molecule has 0 fully saturated rings. The van der Waals surface area contributed by atoms with E-state index in [1.165, 1.54) is 5.56 Å². The summed E-state index contributed by atoms with van der Waals surface area (Å²) in [5.41, 5.74) is 2.33. The van der Waals surface area contributed by atoms with Gasteiger partial charge in [-0.25, -0.2) is 0 Å². The number of hydrogen-bond acceptors (Lipinski definition) is 3. The van der Waals surface area contributed by atoms with Crippen LogP contribution in [0.2, 0.25) is 0 Å². The van der Waals surface area contributed by atoms with Gasteiger partial charge in [-0.1, -0.05) is 22.0 Å². The second-order valence-corrected chi connectivity index (χ2v) is 5.01. The Balaban J connectivity index is 2.66. The van der Waals surface area contributed by atoms with Crippen molar-refractivity contribution < 1.29 is 4.79 Å². The smallest absolute Gasteiger partial charge is 0.221 e. The van der Waals surface area contributed by atoms with E-state index in [1.54, 1.807) is 7.05 Å². The molecule has 5 heteroatoms. The Labute approximate surface area is 117 Å². The first kappa shape index (κ1) is 15.0. The van der Waals surface area contributed by atoms with Gasteiger partial charge >= 0.3 is 0 Å². The first-order valence-corrected chi connectivity index (χ1v) is 6.72. The molecule has 0 bridgehead atoms. The number of carbonyl (C=O) groups is 1. The van der Waals surface area contributed by atoms with Crippen LogP contribution in [-0.2, 0) is 11.3 Å². The monoisotopic (exact) mass is 313 g/mol. The van der Waals surface area contributed by atoms with Crippen LogP contribution in [0.4, 0.5) is 5.69 Å². The molecule has 0 atom stereocenters. The molecule has 1 aromatic rings. The molecule has 0 aliphatic rings. The van der Waals surface area contributed by atoms with Gasteiger partial charge in [-0.3, -0.25) is 4.79 Å². The van der Waals surface area contributed by atoms with Gasteiger partial charge in [0.05, 0.1) is 0 Å². The van der Waals surface area contributed by atoms with Gasteiger partial charge < -0.3 is 15.5 Å². The topological polar surface area (TPSA) is 44.4 Å². The summed E-state index contributed by atoms with van der Waals surface area (Å²) >= 11 is 3.56. The maximum atomic E-state index is 11.2. The summed E-state index contributed by atoms with van der Waals surface area (Å²) in [7, 11) is 5.57. The molecule has 0 unspecified atom stereocenters. The molecule has 18 heavy (non-hydrogen) atoms. The van der Waals surface area contributed by atoms with Gasteiger partial charge in [-0.15, -0.1) is 0 Å². The zero-order valence-electron chi connectivity index (χ0n) is 11.1. The Morgan fingerprint density at radius 2 is 2.11 bits per heavy atom. The number of nitrogens with one attached hydrogen (secondary N) is 2. The molecule has 0 radical (unpaired) electrons. The molecule has 4 nitrogen and oxygen atoms in total. The number of halogens is 1. The lowest BCUT2D eigenvalue weighted by molar-refractivity contribution is -0.120. The SMILES string of the molecule is CNCc1ccc(N(C)CCC(=O)NC)cc1Br. The molecule has 0 aromatic heterocycles. The predicted octanol–water partition coefficient (Wildman–Crippen LogP) is 1.74. The van der Waals surface area contributed by atoms with Crippen LogP contribution in [0, 0.1) is 0 Å². The Kier molecular flexibility index (Phi) is 6.15. The van der Waals surface area contributed by atoms with Crippen LogP contribution in [0.15, 0.2) is 22.7 Å². The van der Waals surface area contributed by atoms with Crippen molar-refractivity contribution in [3.8, 4) is 0 Å². The zero-order valence-corrected chi connectivity index (χ0v) is 12.7. The van der Waals surface area contributed by atoms with Crippen LogP contribution in [0.1, 0.15) is 12.0 Å². The molecule has 1 rings (SSSR count). The summed E-state index contributed by atoms with van der Waals surface area (Å²) < 4.78 is 1.08. The van der Waals surface area contributed by atoms with Crippen molar-refractivity contribution in [2.24, 2.45) is 0 Å². The first-order chi connectivity index (χ1) is 8.58. The number of carbonyl (C=O) groups excluding carboxylic acids is 1. The van der Waals surface area contributed by atoms with Gasteiger partial charge in [0, 0.05) is 43.8 Å². The molecule has 2 N–H and O–H groups in total. The van der Waals surface area contributed by atoms with Crippen LogP contribution in [0.3, 0.4) is 0 Å². The van der Waals surface area contributed by atoms with Crippen LogP contribution < -0.4 is 15.5 Å². The molecule has 0 spiro atoms. The quantitative estimate of drug-likeness (QED) is 0.841. The summed E-state index contributed by atoms with van der Waals surface area (Å²) in [6.45, 7) is 1.54. The minimum Gasteiger partial charge on any atom is -0.374 e. The highest BCUT2D eigenvalue weighted by molar-refractivity contribution is 9.10. The zero-order chi connectivity index (χ0) is 13.5. The number of benzene rings is 1. The number of hydrogen-bond donors (Lipinski definition) is 2. The van der Waals surface area contributed by atoms with Crippen molar-refractivity contribution >= 4 is 27.5 Å². The molecular weight excluding hydrogens is 294 g/mol. The molecule has 100 valence electrons. The van der Waals surface area contributed by atoms with E-state index in [0.717, 1.165) is 16.7 Å². The number of anilines is 1. The summed E-state index contributed by atoms with van der Waals surface area (Å²) in [6, 6.07) is 6.24. The van der Waals surface area contributed by atoms with E-state index in [9.17, 15) is 4.79 Å². The maximum absolute atomic E-state index is 11.2. The fourth-order valence-electron chi connectivity index (χ4n) is 1.63. The van der Waals surface area contributed by atoms with Crippen molar-refractivity contribution in [2.45, 2.75) is 13.0 Å². The van der Waals surface area contributed by atoms with Crippen molar-refractivity contribution in [1.82, 2.24) is 10.6 Å². The molecule has 1 aromatic carbocycles. The highest BCUT2D eigenvalue weighted by Gasteiger charge is 2.06. The summed E-state index contributed by atoms with van der Waals surface area (Å²) in [5, 5.41) is 5.75. The third-order valence-corrected chi connectivity index (χ3v) is 3.54. The molecule has 1 amide bonds. The standard InChI is InChI=1S/C13H20BrN3O/c1-15-9-10-4-5-11(8-12(10)14)17(3)7-6-13(18)16-2/h4-5,8,15H,6-7,9H2,1-3H3,(H,16,18). The van der Waals surface area contributed by atoms with Gasteiger partial charge in [0.25, 0.3) is 0 Å². The highest BCUT2D eigenvalue weighted by Crippen LogP contribution is 2.23. The predicted molar refractivity (Wildman–Crippen MR) is 78.9 cm³/mol. The lowest BCUT2D eigenvalue weighted by Gasteiger charge is -2.20. The Bertz CT molecular complexity index is 409. The average Bonchev–Trinajstić information content (AvgIpc) is 2.38. The van der Waals surface area contributed by atoms with Crippen LogP contribution in [0.5, 0.6) is 0 Å². The lowest BCUT2D eigenvalue weighted by Crippen LogP contribution is -2.26. The van der Waals surface area contributed by atoms with Gasteiger partial charge in [-0.05, 0) is 24.7 Å². The minimum atomic E-state index is 0.0627. The van der Waals surface area contributed by atoms with E-state index >= 15 is 0 Å². The van der Waals surface area contributed by atoms with E-state index in [-0.39, 0.29) is 5.91 Å². The van der Waals surface area contributed by atoms with E-state index in [0.29, 0.717) is 13.0 Å². The van der Waals surface area contributed by atoms with Crippen molar-refractivity contribution in [3.05, 3.63) is 28.2 Å². The van der Waals surface area contributed by atoms with Gasteiger partial charge in [0.15, 0.2) is 0 Å². The third-order valence-electron chi connectivity index (χ3n) is 2.80. The Morgan fingerprint density at radius 1 is 1.39 bits per heavy atom. The first-order valence-electron chi connectivity index (χ1n) is 5.93. The van der Waals surface area contributed by atoms with Crippen molar-refractivity contribution in [3.63, 3.8) is 0 Å². The maximum Gasteiger partial charge on any atom is 0.221 e. The molecule has 0 saturated heterocycles. The van der Waals surface area contributed by atoms with E-state index in [1.807, 2.05) is 14.1 Å². The van der Waals surface area contributed by atoms with Crippen molar-refractivity contribution in [1.29, 1.82) is 0 Å². The van der Waals surface area contributed by atoms with Gasteiger partial charge in [0.1, 0.15) is 0 Å². The van der Waals surface area contributed by atoms with Gasteiger partial charge in [0.2, 0.25) is 5.91 Å². The fraction of sp³-hybridized carbons (Fsp3) is 0.462. The molecular formula is C13H20BrN3O. The summed E-state index contributed by atoms with van der Waals surface area (Å²) in [6.07, 6.45) is 0.503. The number of nitrogens with zero attached hydrogens (tertiary/aromatic N) is 1. The number of amides is 1. The number of rotatable bonds is 6. The third kappa shape index (κ3) is 4.31. The largest absolute Gasteiger partial charge is 0.374 e. The molecule has 0 saturated carbocycles. The minimum absolute atomic E-state index is 0.0627. The Morgan fingerprint density at radius 3 is 2.67 bits per heavy atom. The highest BCUT2D eigenvalue weighted by atomic mass is 79.9. The fourth-order valence-corrected chi connectivity index (χ4v) is 2.14. The summed E-state index contributed by atoms with van der Waals surface area (Å²) in [5.74, 6) is 0.0627. The van der Waals surface area contributed by atoms with Crippen LogP contribution in [0.25, 0.3) is 0 Å². The second-order valence-electron chi connectivity index (χ2n) is 4.15.